The first-order valence-electron chi connectivity index (χ1n) is 5.50. The van der Waals surface area contributed by atoms with Crippen LogP contribution in [0, 0.1) is 12.7 Å². The maximum Gasteiger partial charge on any atom is 0.241 e. The number of hydrogen-bond acceptors (Lipinski definition) is 4. The molecule has 0 unspecified atom stereocenters. The second kappa shape index (κ2) is 5.64. The van der Waals surface area contributed by atoms with Crippen LogP contribution in [-0.4, -0.2) is 26.2 Å². The zero-order chi connectivity index (χ0) is 13.9. The molecule has 0 aliphatic carbocycles. The Bertz CT molecular complexity index is 504. The molecule has 1 rings (SSSR count). The molecule has 0 radical (unpaired) electrons. The Labute approximate surface area is 106 Å². The standard InChI is InChI=1S/C11H17FN2O3S/c1-3-8(6-15)14-18(16,17)9-4-10(12)7(2)11(13)5-9/h4-5,8,14-15H,3,6,13H2,1-2H3/t8-/m1/s1. The molecule has 1 aromatic rings. The van der Waals surface area contributed by atoms with Crippen LogP contribution in [0.5, 0.6) is 0 Å². The predicted octanol–water partition coefficient (Wildman–Crippen LogP) is 0.766. The van der Waals surface area contributed by atoms with Crippen LogP contribution in [0.15, 0.2) is 17.0 Å². The third-order valence-electron chi connectivity index (χ3n) is 2.70. The Morgan fingerprint density at radius 3 is 2.56 bits per heavy atom. The van der Waals surface area contributed by atoms with Gasteiger partial charge >= 0.3 is 0 Å². The van der Waals surface area contributed by atoms with E-state index in [1.165, 1.54) is 13.0 Å². The molecule has 0 saturated carbocycles. The van der Waals surface area contributed by atoms with Crippen molar-refractivity contribution in [3.8, 4) is 0 Å². The lowest BCUT2D eigenvalue weighted by molar-refractivity contribution is 0.254. The molecule has 4 N–H and O–H groups in total. The molecule has 7 heteroatoms. The zero-order valence-electron chi connectivity index (χ0n) is 10.3. The summed E-state index contributed by atoms with van der Waals surface area (Å²) in [7, 11) is -3.88. The first-order valence-corrected chi connectivity index (χ1v) is 6.99. The number of aliphatic hydroxyl groups is 1. The largest absolute Gasteiger partial charge is 0.398 e. The Balaban J connectivity index is 3.13. The van der Waals surface area contributed by atoms with Gasteiger partial charge in [-0.15, -0.1) is 0 Å². The summed E-state index contributed by atoms with van der Waals surface area (Å²) in [6.07, 6.45) is 0.430. The fourth-order valence-electron chi connectivity index (χ4n) is 1.37. The van der Waals surface area contributed by atoms with Crippen LogP contribution in [0.3, 0.4) is 0 Å². The van der Waals surface area contributed by atoms with Crippen molar-refractivity contribution in [3.63, 3.8) is 0 Å². The number of sulfonamides is 1. The van der Waals surface area contributed by atoms with Gasteiger partial charge in [-0.2, -0.15) is 0 Å². The number of halogens is 1. The van der Waals surface area contributed by atoms with Gasteiger partial charge in [0, 0.05) is 17.3 Å². The zero-order valence-corrected chi connectivity index (χ0v) is 11.1. The van der Waals surface area contributed by atoms with Crippen LogP contribution in [0.2, 0.25) is 0 Å². The van der Waals surface area contributed by atoms with Gasteiger partial charge in [0.05, 0.1) is 11.5 Å². The van der Waals surface area contributed by atoms with Gasteiger partial charge in [-0.05, 0) is 25.5 Å². The number of benzene rings is 1. The lowest BCUT2D eigenvalue weighted by atomic mass is 10.2. The van der Waals surface area contributed by atoms with E-state index in [1.807, 2.05) is 0 Å². The molecule has 102 valence electrons. The number of rotatable bonds is 5. The van der Waals surface area contributed by atoms with Gasteiger partial charge in [-0.25, -0.2) is 17.5 Å². The van der Waals surface area contributed by atoms with Crippen LogP contribution < -0.4 is 10.5 Å². The van der Waals surface area contributed by atoms with Crippen molar-refractivity contribution >= 4 is 15.7 Å². The molecule has 0 aromatic heterocycles. The first kappa shape index (κ1) is 14.9. The third kappa shape index (κ3) is 3.18. The van der Waals surface area contributed by atoms with Crippen molar-refractivity contribution in [2.75, 3.05) is 12.3 Å². The van der Waals surface area contributed by atoms with Gasteiger partial charge < -0.3 is 10.8 Å². The van der Waals surface area contributed by atoms with Gasteiger partial charge in [0.15, 0.2) is 0 Å². The molecule has 1 atom stereocenters. The molecule has 18 heavy (non-hydrogen) atoms. The molecule has 0 aliphatic heterocycles. The van der Waals surface area contributed by atoms with E-state index in [4.69, 9.17) is 10.8 Å². The molecule has 0 heterocycles. The minimum Gasteiger partial charge on any atom is -0.398 e. The number of hydrogen-bond donors (Lipinski definition) is 3. The Hall–Kier alpha value is -1.18. The topological polar surface area (TPSA) is 92.4 Å². The summed E-state index contributed by atoms with van der Waals surface area (Å²) in [6.45, 7) is 2.88. The summed E-state index contributed by atoms with van der Waals surface area (Å²) in [5.74, 6) is -0.674. The molecule has 0 saturated heterocycles. The highest BCUT2D eigenvalue weighted by Gasteiger charge is 2.20. The van der Waals surface area contributed by atoms with Crippen molar-refractivity contribution in [2.24, 2.45) is 0 Å². The molecule has 0 aliphatic rings. The van der Waals surface area contributed by atoms with Gasteiger partial charge in [-0.3, -0.25) is 0 Å². The van der Waals surface area contributed by atoms with Crippen molar-refractivity contribution in [3.05, 3.63) is 23.5 Å². The van der Waals surface area contributed by atoms with Crippen molar-refractivity contribution < 1.29 is 17.9 Å². The lowest BCUT2D eigenvalue weighted by Crippen LogP contribution is -2.37. The quantitative estimate of drug-likeness (QED) is 0.692. The predicted molar refractivity (Wildman–Crippen MR) is 67.0 cm³/mol. The van der Waals surface area contributed by atoms with Crippen LogP contribution in [-0.2, 0) is 10.0 Å². The third-order valence-corrected chi connectivity index (χ3v) is 4.20. The average molecular weight is 276 g/mol. The average Bonchev–Trinajstić information content (AvgIpc) is 2.32. The molecule has 0 fully saturated rings. The normalized spacial score (nSPS) is 13.6. The summed E-state index contributed by atoms with van der Waals surface area (Å²) >= 11 is 0. The number of nitrogen functional groups attached to an aromatic ring is 1. The lowest BCUT2D eigenvalue weighted by Gasteiger charge is -2.15. The van der Waals surface area contributed by atoms with E-state index < -0.39 is 21.9 Å². The Kier molecular flexibility index (Phi) is 4.66. The van der Waals surface area contributed by atoms with Crippen LogP contribution >= 0.6 is 0 Å². The maximum absolute atomic E-state index is 13.4. The highest BCUT2D eigenvalue weighted by Crippen LogP contribution is 2.21. The van der Waals surface area contributed by atoms with Crippen LogP contribution in [0.25, 0.3) is 0 Å². The van der Waals surface area contributed by atoms with Gasteiger partial charge in [-0.1, -0.05) is 6.92 Å². The molecular formula is C11H17FN2O3S. The van der Waals surface area contributed by atoms with Gasteiger partial charge in [0.1, 0.15) is 5.82 Å². The monoisotopic (exact) mass is 276 g/mol. The Morgan fingerprint density at radius 1 is 1.50 bits per heavy atom. The number of aliphatic hydroxyl groups excluding tert-OH is 1. The van der Waals surface area contributed by atoms with Crippen LogP contribution in [0.1, 0.15) is 18.9 Å². The van der Waals surface area contributed by atoms with Gasteiger partial charge in [0.25, 0.3) is 0 Å². The van der Waals surface area contributed by atoms with Crippen molar-refractivity contribution in [2.45, 2.75) is 31.2 Å². The second-order valence-electron chi connectivity index (χ2n) is 4.03. The summed E-state index contributed by atoms with van der Waals surface area (Å²) < 4.78 is 39.6. The summed E-state index contributed by atoms with van der Waals surface area (Å²) in [5.41, 5.74) is 5.82. The SMILES string of the molecule is CC[C@H](CO)NS(=O)(=O)c1cc(N)c(C)c(F)c1. The summed E-state index contributed by atoms with van der Waals surface area (Å²) in [5, 5.41) is 8.96. The van der Waals surface area contributed by atoms with E-state index >= 15 is 0 Å². The van der Waals surface area contributed by atoms with E-state index in [2.05, 4.69) is 4.72 Å². The van der Waals surface area contributed by atoms with Gasteiger partial charge in [0.2, 0.25) is 10.0 Å². The van der Waals surface area contributed by atoms with Crippen LogP contribution in [0.4, 0.5) is 10.1 Å². The molecular weight excluding hydrogens is 259 g/mol. The van der Waals surface area contributed by atoms with E-state index in [0.717, 1.165) is 6.07 Å². The fraction of sp³-hybridized carbons (Fsp3) is 0.455. The van der Waals surface area contributed by atoms with E-state index in [1.54, 1.807) is 6.92 Å². The molecule has 0 amide bonds. The maximum atomic E-state index is 13.4. The van der Waals surface area contributed by atoms with E-state index in [9.17, 15) is 12.8 Å². The molecule has 0 bridgehead atoms. The van der Waals surface area contributed by atoms with E-state index in [0.29, 0.717) is 6.42 Å². The number of nitrogens with one attached hydrogen (secondary N) is 1. The smallest absolute Gasteiger partial charge is 0.241 e. The highest BCUT2D eigenvalue weighted by molar-refractivity contribution is 7.89. The second-order valence-corrected chi connectivity index (χ2v) is 5.74. The van der Waals surface area contributed by atoms with E-state index in [-0.39, 0.29) is 22.8 Å². The Morgan fingerprint density at radius 2 is 2.11 bits per heavy atom. The minimum atomic E-state index is -3.88. The summed E-state index contributed by atoms with van der Waals surface area (Å²) in [6, 6.07) is 1.52. The molecule has 0 spiro atoms. The first-order chi connectivity index (χ1) is 8.31. The van der Waals surface area contributed by atoms with Crippen molar-refractivity contribution in [1.82, 2.24) is 4.72 Å². The molecule has 1 aromatic carbocycles. The molecule has 5 nitrogen and oxygen atoms in total. The number of nitrogens with two attached hydrogens (primary N) is 1. The highest BCUT2D eigenvalue weighted by atomic mass is 32.2. The fourth-order valence-corrected chi connectivity index (χ4v) is 2.72. The summed E-state index contributed by atoms with van der Waals surface area (Å²) in [4.78, 5) is -0.241. The number of anilines is 1. The van der Waals surface area contributed by atoms with Crippen molar-refractivity contribution in [1.29, 1.82) is 0 Å². The minimum absolute atomic E-state index is 0.0763.